The third-order valence-electron chi connectivity index (χ3n) is 2.77. The van der Waals surface area contributed by atoms with Gasteiger partial charge in [-0.25, -0.2) is 0 Å². The largest absolute Gasteiger partial charge is 0.287 e. The normalized spacial score (nSPS) is 15.1. The molecule has 0 N–H and O–H groups in total. The summed E-state index contributed by atoms with van der Waals surface area (Å²) in [5, 5.41) is 5.64. The first-order chi connectivity index (χ1) is 8.70. The van der Waals surface area contributed by atoms with Crippen molar-refractivity contribution >= 4 is 23.2 Å². The van der Waals surface area contributed by atoms with Gasteiger partial charge in [0.2, 0.25) is 0 Å². The lowest BCUT2D eigenvalue weighted by atomic mass is 10.3. The third-order valence-corrected chi connectivity index (χ3v) is 2.77. The van der Waals surface area contributed by atoms with Gasteiger partial charge in [-0.15, -0.1) is 20.5 Å². The summed E-state index contributed by atoms with van der Waals surface area (Å²) in [5.74, 6) is -0.612. The molecule has 3 aliphatic rings. The van der Waals surface area contributed by atoms with Gasteiger partial charge in [0.05, 0.1) is 0 Å². The number of carbonyl (C=O) groups excluding carboxylic acids is 2. The Bertz CT molecular complexity index is 524. The molecule has 90 valence electrons. The van der Waals surface area contributed by atoms with Crippen LogP contribution in [0.2, 0.25) is 0 Å². The summed E-state index contributed by atoms with van der Waals surface area (Å²) in [5.41, 5.74) is 1.53. The summed E-state index contributed by atoms with van der Waals surface area (Å²) in [6.45, 7) is 6.89. The first-order valence-electron chi connectivity index (χ1n) is 5.32. The maximum absolute atomic E-state index is 11.7. The maximum Gasteiger partial charge on any atom is 0.287 e. The van der Waals surface area contributed by atoms with Crippen molar-refractivity contribution in [2.24, 2.45) is 0 Å². The van der Waals surface area contributed by atoms with Gasteiger partial charge in [-0.05, 0) is 24.3 Å². The highest BCUT2D eigenvalue weighted by molar-refractivity contribution is 6.01. The van der Waals surface area contributed by atoms with E-state index in [-0.39, 0.29) is 11.8 Å². The highest BCUT2D eigenvalue weighted by Crippen LogP contribution is 2.48. The van der Waals surface area contributed by atoms with Crippen molar-refractivity contribution in [3.8, 4) is 0 Å². The Morgan fingerprint density at radius 3 is 1.61 bits per heavy atom. The summed E-state index contributed by atoms with van der Waals surface area (Å²) in [7, 11) is 0. The minimum atomic E-state index is -0.306. The summed E-state index contributed by atoms with van der Waals surface area (Å²) in [6, 6.07) is 7.34. The van der Waals surface area contributed by atoms with Crippen LogP contribution in [-0.2, 0) is 9.59 Å². The first-order valence-corrected chi connectivity index (χ1v) is 5.32. The number of benzene rings is 1. The van der Waals surface area contributed by atoms with Crippen LogP contribution >= 0.6 is 0 Å². The van der Waals surface area contributed by atoms with Crippen molar-refractivity contribution < 1.29 is 9.59 Å². The highest BCUT2D eigenvalue weighted by atomic mass is 16.4. The van der Waals surface area contributed by atoms with Gasteiger partial charge in [0.25, 0.3) is 11.8 Å². The molecule has 1 fully saturated rings. The van der Waals surface area contributed by atoms with Gasteiger partial charge in [0.1, 0.15) is 11.4 Å². The average Bonchev–Trinajstić information content (AvgIpc) is 2.89. The molecule has 0 atom stereocenters. The zero-order chi connectivity index (χ0) is 12.9. The fourth-order valence-electron chi connectivity index (χ4n) is 2.04. The van der Waals surface area contributed by atoms with Crippen molar-refractivity contribution in [3.63, 3.8) is 0 Å². The Labute approximate surface area is 103 Å². The van der Waals surface area contributed by atoms with Crippen LogP contribution in [0.25, 0.3) is 0 Å². The molecule has 4 rings (SSSR count). The van der Waals surface area contributed by atoms with Crippen LogP contribution in [0.5, 0.6) is 0 Å². The minimum absolute atomic E-state index is 0.306. The number of para-hydroxylation sites is 2. The van der Waals surface area contributed by atoms with E-state index in [0.717, 1.165) is 11.4 Å². The van der Waals surface area contributed by atoms with Gasteiger partial charge in [-0.2, -0.15) is 0 Å². The molecule has 0 radical (unpaired) electrons. The van der Waals surface area contributed by atoms with Gasteiger partial charge in [0, 0.05) is 0 Å². The van der Waals surface area contributed by atoms with Crippen LogP contribution in [0.4, 0.5) is 11.4 Å². The van der Waals surface area contributed by atoms with Crippen LogP contribution < -0.4 is 10.2 Å². The molecular formula is C12H10N4O2. The molecule has 0 spiro atoms. The van der Waals surface area contributed by atoms with Crippen LogP contribution in [0.1, 0.15) is 0 Å². The molecule has 2 amide bonds. The number of hydrogen-bond acceptors (Lipinski definition) is 4. The molecule has 0 aliphatic carbocycles. The molecule has 1 aromatic carbocycles. The van der Waals surface area contributed by atoms with E-state index < -0.39 is 0 Å². The Balaban J connectivity index is 2.06. The van der Waals surface area contributed by atoms with Crippen molar-refractivity contribution in [1.82, 2.24) is 10.2 Å². The fraction of sp³-hybridized carbons (Fsp3) is 0. The van der Waals surface area contributed by atoms with E-state index in [1.54, 1.807) is 0 Å². The molecule has 0 aromatic heterocycles. The predicted octanol–water partition coefficient (Wildman–Crippen LogP) is 1.02. The summed E-state index contributed by atoms with van der Waals surface area (Å²) in [4.78, 5) is 23.5. The van der Waals surface area contributed by atoms with E-state index in [2.05, 4.69) is 13.2 Å². The second-order valence-electron chi connectivity index (χ2n) is 3.73. The summed E-state index contributed by atoms with van der Waals surface area (Å²) >= 11 is 0. The van der Waals surface area contributed by atoms with E-state index in [1.807, 2.05) is 24.3 Å². The molecule has 3 heterocycles. The summed E-state index contributed by atoms with van der Waals surface area (Å²) < 4.78 is 0. The van der Waals surface area contributed by atoms with E-state index in [4.69, 9.17) is 0 Å². The lowest BCUT2D eigenvalue weighted by molar-refractivity contribution is -0.160. The standard InChI is InChI=1S/C12H10N4O2/c1-3-11(17)15-13-9-7-5-6-8-10(9)14(15)16(13)12(18)4-2/h3-8H,1-2H2. The number of hydrazine groups is 4. The number of rotatable bonds is 2. The van der Waals surface area contributed by atoms with Gasteiger partial charge in [-0.1, -0.05) is 25.3 Å². The number of anilines is 2. The zero-order valence-electron chi connectivity index (χ0n) is 9.48. The lowest BCUT2D eigenvalue weighted by Gasteiger charge is -2.52. The van der Waals surface area contributed by atoms with Gasteiger partial charge >= 0.3 is 0 Å². The number of carbonyl (C=O) groups is 2. The molecule has 18 heavy (non-hydrogen) atoms. The van der Waals surface area contributed by atoms with Crippen molar-refractivity contribution in [2.75, 3.05) is 10.2 Å². The zero-order valence-corrected chi connectivity index (χ0v) is 9.48. The molecule has 2 bridgehead atoms. The molecule has 6 heteroatoms. The van der Waals surface area contributed by atoms with Crippen LogP contribution in [0, 0.1) is 0 Å². The second-order valence-corrected chi connectivity index (χ2v) is 3.73. The molecule has 3 aliphatic heterocycles. The quantitative estimate of drug-likeness (QED) is 0.726. The molecule has 1 aromatic rings. The first kappa shape index (κ1) is 10.4. The smallest absolute Gasteiger partial charge is 0.266 e. The van der Waals surface area contributed by atoms with Gasteiger partial charge in [0.15, 0.2) is 0 Å². The van der Waals surface area contributed by atoms with Gasteiger partial charge < -0.3 is 0 Å². The van der Waals surface area contributed by atoms with Crippen molar-refractivity contribution in [2.45, 2.75) is 0 Å². The topological polar surface area (TPSA) is 47.1 Å². The molecular weight excluding hydrogens is 232 g/mol. The monoisotopic (exact) mass is 242 g/mol. The Hall–Kier alpha value is -2.76. The van der Waals surface area contributed by atoms with E-state index in [9.17, 15) is 9.59 Å². The number of nitrogens with zero attached hydrogens (tertiary/aromatic N) is 4. The van der Waals surface area contributed by atoms with E-state index in [0.29, 0.717) is 0 Å². The highest BCUT2D eigenvalue weighted by Gasteiger charge is 2.56. The van der Waals surface area contributed by atoms with E-state index >= 15 is 0 Å². The average molecular weight is 242 g/mol. The van der Waals surface area contributed by atoms with Crippen molar-refractivity contribution in [1.29, 1.82) is 0 Å². The van der Waals surface area contributed by atoms with Crippen LogP contribution in [0.15, 0.2) is 49.6 Å². The van der Waals surface area contributed by atoms with Crippen LogP contribution in [-0.4, -0.2) is 22.1 Å². The summed E-state index contributed by atoms with van der Waals surface area (Å²) in [6.07, 6.45) is 2.39. The molecule has 0 unspecified atom stereocenters. The van der Waals surface area contributed by atoms with Gasteiger partial charge in [-0.3, -0.25) is 9.59 Å². The molecule has 1 saturated heterocycles. The fourth-order valence-corrected chi connectivity index (χ4v) is 2.04. The van der Waals surface area contributed by atoms with E-state index in [1.165, 1.54) is 32.6 Å². The van der Waals surface area contributed by atoms with Crippen LogP contribution in [0.3, 0.4) is 0 Å². The van der Waals surface area contributed by atoms with Crippen molar-refractivity contribution in [3.05, 3.63) is 49.6 Å². The molecule has 0 saturated carbocycles. The number of amides is 2. The maximum atomic E-state index is 11.7. The third kappa shape index (κ3) is 1.01. The lowest BCUT2D eigenvalue weighted by Crippen LogP contribution is -2.77. The Morgan fingerprint density at radius 1 is 0.889 bits per heavy atom. The SMILES string of the molecule is C=CC(=O)N1N2c3ccccc3N1N2C(=O)C=C. The molecule has 6 nitrogen and oxygen atoms in total. The minimum Gasteiger partial charge on any atom is -0.266 e. The predicted molar refractivity (Wildman–Crippen MR) is 65.5 cm³/mol. The number of hydrogen-bond donors (Lipinski definition) is 0. The Kier molecular flexibility index (Phi) is 1.94. The second kappa shape index (κ2) is 3.36. The Morgan fingerprint density at radius 2 is 1.28 bits per heavy atom.